The summed E-state index contributed by atoms with van der Waals surface area (Å²) in [6.45, 7) is 7.60. The number of likely N-dealkylation sites (tertiary alicyclic amines) is 1. The fraction of sp³-hybridized carbons (Fsp3) is 0.619. The number of unbranched alkanes of at least 4 members (excludes halogenated alkanes) is 1. The molecular weight excluding hydrogens is 374 g/mol. The Kier molecular flexibility index (Phi) is 10.1. The van der Waals surface area contributed by atoms with Crippen molar-refractivity contribution >= 4 is 23.5 Å². The SMILES string of the molecule is CCNC(=NCCCCN1CCC(C(N)=O)CC1)NCCc1ccc(Cl)cc1. The molecule has 6 nitrogen and oxygen atoms in total. The van der Waals surface area contributed by atoms with E-state index >= 15 is 0 Å². The summed E-state index contributed by atoms with van der Waals surface area (Å²) in [6, 6.07) is 7.96. The lowest BCUT2D eigenvalue weighted by Crippen LogP contribution is -2.39. The van der Waals surface area contributed by atoms with Crippen LogP contribution in [0, 0.1) is 5.92 Å². The minimum Gasteiger partial charge on any atom is -0.369 e. The van der Waals surface area contributed by atoms with Gasteiger partial charge in [-0.15, -0.1) is 0 Å². The summed E-state index contributed by atoms with van der Waals surface area (Å²) in [5.41, 5.74) is 6.65. The lowest BCUT2D eigenvalue weighted by Gasteiger charge is -2.30. The largest absolute Gasteiger partial charge is 0.369 e. The smallest absolute Gasteiger partial charge is 0.220 e. The molecular formula is C21H34ClN5O. The molecule has 156 valence electrons. The normalized spacial score (nSPS) is 16.1. The second-order valence-corrected chi connectivity index (χ2v) is 7.73. The number of piperidine rings is 1. The van der Waals surface area contributed by atoms with Crippen LogP contribution >= 0.6 is 11.6 Å². The van der Waals surface area contributed by atoms with Crippen LogP contribution in [0.3, 0.4) is 0 Å². The van der Waals surface area contributed by atoms with E-state index in [1.54, 1.807) is 0 Å². The molecule has 1 saturated heterocycles. The Morgan fingerprint density at radius 3 is 2.57 bits per heavy atom. The van der Waals surface area contributed by atoms with Gasteiger partial charge >= 0.3 is 0 Å². The van der Waals surface area contributed by atoms with Gasteiger partial charge in [0.15, 0.2) is 5.96 Å². The molecule has 0 unspecified atom stereocenters. The molecule has 4 N–H and O–H groups in total. The Morgan fingerprint density at radius 1 is 1.21 bits per heavy atom. The van der Waals surface area contributed by atoms with Gasteiger partial charge in [0.2, 0.25) is 5.91 Å². The minimum absolute atomic E-state index is 0.0717. The molecule has 0 aliphatic carbocycles. The van der Waals surface area contributed by atoms with Gasteiger partial charge in [0.1, 0.15) is 0 Å². The Hall–Kier alpha value is -1.79. The van der Waals surface area contributed by atoms with Crippen molar-refractivity contribution in [1.29, 1.82) is 0 Å². The zero-order valence-corrected chi connectivity index (χ0v) is 17.7. The number of amides is 1. The van der Waals surface area contributed by atoms with E-state index in [1.807, 2.05) is 12.1 Å². The van der Waals surface area contributed by atoms with E-state index in [0.29, 0.717) is 0 Å². The molecule has 0 atom stereocenters. The van der Waals surface area contributed by atoms with Gasteiger partial charge in [0.25, 0.3) is 0 Å². The van der Waals surface area contributed by atoms with Crippen molar-refractivity contribution < 1.29 is 4.79 Å². The molecule has 1 aliphatic heterocycles. The number of rotatable bonds is 10. The van der Waals surface area contributed by atoms with Gasteiger partial charge in [-0.1, -0.05) is 23.7 Å². The van der Waals surface area contributed by atoms with Crippen molar-refractivity contribution in [3.63, 3.8) is 0 Å². The molecule has 0 bridgehead atoms. The van der Waals surface area contributed by atoms with E-state index in [9.17, 15) is 4.79 Å². The van der Waals surface area contributed by atoms with Crippen LogP contribution in [0.1, 0.15) is 38.2 Å². The van der Waals surface area contributed by atoms with Crippen molar-refractivity contribution in [2.45, 2.75) is 39.0 Å². The average Bonchev–Trinajstić information content (AvgIpc) is 2.69. The zero-order chi connectivity index (χ0) is 20.2. The molecule has 1 heterocycles. The Labute approximate surface area is 173 Å². The molecule has 0 radical (unpaired) electrons. The highest BCUT2D eigenvalue weighted by atomic mass is 35.5. The number of benzene rings is 1. The quantitative estimate of drug-likeness (QED) is 0.316. The number of hydrogen-bond donors (Lipinski definition) is 3. The molecule has 0 aromatic heterocycles. The highest BCUT2D eigenvalue weighted by Crippen LogP contribution is 2.16. The van der Waals surface area contributed by atoms with E-state index in [2.05, 4.69) is 39.6 Å². The molecule has 28 heavy (non-hydrogen) atoms. The van der Waals surface area contributed by atoms with Crippen molar-refractivity contribution in [3.8, 4) is 0 Å². The maximum absolute atomic E-state index is 11.2. The highest BCUT2D eigenvalue weighted by molar-refractivity contribution is 6.30. The zero-order valence-electron chi connectivity index (χ0n) is 16.9. The van der Waals surface area contributed by atoms with Crippen LogP contribution in [-0.2, 0) is 11.2 Å². The van der Waals surface area contributed by atoms with Crippen molar-refractivity contribution in [2.75, 3.05) is 39.3 Å². The van der Waals surface area contributed by atoms with Gasteiger partial charge in [-0.05, 0) is 76.4 Å². The molecule has 1 aliphatic rings. The van der Waals surface area contributed by atoms with E-state index in [0.717, 1.165) is 82.4 Å². The fourth-order valence-corrected chi connectivity index (χ4v) is 3.52. The first kappa shape index (κ1) is 22.5. The number of aliphatic imine (C=N–C) groups is 1. The fourth-order valence-electron chi connectivity index (χ4n) is 3.40. The molecule has 0 saturated carbocycles. The third kappa shape index (κ3) is 8.48. The second-order valence-electron chi connectivity index (χ2n) is 7.29. The van der Waals surface area contributed by atoms with Crippen LogP contribution in [0.25, 0.3) is 0 Å². The van der Waals surface area contributed by atoms with Gasteiger partial charge in [0.05, 0.1) is 0 Å². The van der Waals surface area contributed by atoms with E-state index in [4.69, 9.17) is 17.3 Å². The van der Waals surface area contributed by atoms with E-state index in [1.165, 1.54) is 5.56 Å². The molecule has 1 aromatic carbocycles. The Balaban J connectivity index is 1.61. The van der Waals surface area contributed by atoms with Gasteiger partial charge in [-0.25, -0.2) is 0 Å². The monoisotopic (exact) mass is 407 g/mol. The maximum atomic E-state index is 11.2. The van der Waals surface area contributed by atoms with Crippen molar-refractivity contribution in [1.82, 2.24) is 15.5 Å². The number of carbonyl (C=O) groups is 1. The number of nitrogens with two attached hydrogens (primary N) is 1. The number of carbonyl (C=O) groups excluding carboxylic acids is 1. The first-order valence-electron chi connectivity index (χ1n) is 10.4. The summed E-state index contributed by atoms with van der Waals surface area (Å²) < 4.78 is 0. The molecule has 7 heteroatoms. The molecule has 1 amide bonds. The summed E-state index contributed by atoms with van der Waals surface area (Å²) in [5, 5.41) is 7.46. The topological polar surface area (TPSA) is 82.8 Å². The van der Waals surface area contributed by atoms with Gasteiger partial charge in [0, 0.05) is 30.6 Å². The predicted octanol–water partition coefficient (Wildman–Crippen LogP) is 2.42. The number of nitrogens with zero attached hydrogens (tertiary/aromatic N) is 2. The van der Waals surface area contributed by atoms with Crippen molar-refractivity contribution in [3.05, 3.63) is 34.9 Å². The lowest BCUT2D eigenvalue weighted by atomic mass is 9.96. The summed E-state index contributed by atoms with van der Waals surface area (Å²) in [7, 11) is 0. The third-order valence-electron chi connectivity index (χ3n) is 5.11. The maximum Gasteiger partial charge on any atom is 0.220 e. The van der Waals surface area contributed by atoms with Gasteiger partial charge < -0.3 is 21.3 Å². The van der Waals surface area contributed by atoms with Gasteiger partial charge in [-0.3, -0.25) is 9.79 Å². The summed E-state index contributed by atoms with van der Waals surface area (Å²) >= 11 is 5.92. The van der Waals surface area contributed by atoms with Crippen LogP contribution in [0.2, 0.25) is 5.02 Å². The molecule has 0 spiro atoms. The summed E-state index contributed by atoms with van der Waals surface area (Å²) in [4.78, 5) is 18.3. The number of nitrogens with one attached hydrogen (secondary N) is 2. The van der Waals surface area contributed by atoms with Gasteiger partial charge in [-0.2, -0.15) is 0 Å². The van der Waals surface area contributed by atoms with E-state index in [-0.39, 0.29) is 11.8 Å². The third-order valence-corrected chi connectivity index (χ3v) is 5.36. The van der Waals surface area contributed by atoms with E-state index < -0.39 is 0 Å². The van der Waals surface area contributed by atoms with Crippen molar-refractivity contribution in [2.24, 2.45) is 16.6 Å². The second kappa shape index (κ2) is 12.6. The molecule has 1 fully saturated rings. The highest BCUT2D eigenvalue weighted by Gasteiger charge is 2.22. The van der Waals surface area contributed by atoms with Crippen LogP contribution in [0.15, 0.2) is 29.3 Å². The lowest BCUT2D eigenvalue weighted by molar-refractivity contribution is -0.123. The number of hydrogen-bond acceptors (Lipinski definition) is 3. The number of halogens is 1. The standard InChI is InChI=1S/C21H34ClN5O/c1-2-24-21(26-13-9-17-5-7-19(22)8-6-17)25-12-3-4-14-27-15-10-18(11-16-27)20(23)28/h5-8,18H,2-4,9-16H2,1H3,(H2,23,28)(H2,24,25,26). The first-order valence-corrected chi connectivity index (χ1v) is 10.7. The van der Waals surface area contributed by atoms with Crippen LogP contribution in [0.4, 0.5) is 0 Å². The molecule has 2 rings (SSSR count). The number of primary amides is 1. The minimum atomic E-state index is -0.145. The summed E-state index contributed by atoms with van der Waals surface area (Å²) in [6.07, 6.45) is 4.91. The Bertz CT molecular complexity index is 612. The predicted molar refractivity (Wildman–Crippen MR) is 117 cm³/mol. The Morgan fingerprint density at radius 2 is 1.93 bits per heavy atom. The van der Waals surface area contributed by atoms with Crippen LogP contribution in [0.5, 0.6) is 0 Å². The van der Waals surface area contributed by atoms with Crippen LogP contribution < -0.4 is 16.4 Å². The summed E-state index contributed by atoms with van der Waals surface area (Å²) in [5.74, 6) is 0.801. The molecule has 1 aromatic rings. The first-order chi connectivity index (χ1) is 13.6. The average molecular weight is 408 g/mol. The van der Waals surface area contributed by atoms with Crippen LogP contribution in [-0.4, -0.2) is 56.0 Å². The number of guanidine groups is 1.